The van der Waals surface area contributed by atoms with Crippen LogP contribution in [-0.4, -0.2) is 30.9 Å². The molecule has 0 aromatic heterocycles. The fraction of sp³-hybridized carbons (Fsp3) is 0.409. The molecule has 1 fully saturated rings. The first kappa shape index (κ1) is 17.5. The number of para-hydroxylation sites is 1. The van der Waals surface area contributed by atoms with E-state index in [1.807, 2.05) is 11.9 Å². The minimum absolute atomic E-state index is 0.205. The number of hydrogen-bond donors (Lipinski definition) is 0. The summed E-state index contributed by atoms with van der Waals surface area (Å²) in [6.07, 6.45) is 3.89. The van der Waals surface area contributed by atoms with E-state index in [9.17, 15) is 4.79 Å². The lowest BCUT2D eigenvalue weighted by Gasteiger charge is -2.24. The SMILES string of the molecule is Cc1ccc(CCC(=O)N(C)Cc2ccccc2N2CCCC2)cc1. The van der Waals surface area contributed by atoms with Gasteiger partial charge in [0, 0.05) is 38.8 Å². The van der Waals surface area contributed by atoms with E-state index < -0.39 is 0 Å². The van der Waals surface area contributed by atoms with Crippen molar-refractivity contribution in [1.29, 1.82) is 0 Å². The fourth-order valence-corrected chi connectivity index (χ4v) is 3.45. The predicted octanol–water partition coefficient (Wildman–Crippen LogP) is 4.19. The molecule has 0 N–H and O–H groups in total. The van der Waals surface area contributed by atoms with Crippen LogP contribution in [0.15, 0.2) is 48.5 Å². The summed E-state index contributed by atoms with van der Waals surface area (Å²) in [4.78, 5) is 16.8. The molecule has 1 saturated heterocycles. The molecule has 2 aromatic rings. The molecule has 0 bridgehead atoms. The number of nitrogens with zero attached hydrogens (tertiary/aromatic N) is 2. The summed E-state index contributed by atoms with van der Waals surface area (Å²) in [5.74, 6) is 0.205. The smallest absolute Gasteiger partial charge is 0.222 e. The Labute approximate surface area is 151 Å². The lowest BCUT2D eigenvalue weighted by atomic mass is 10.1. The monoisotopic (exact) mass is 336 g/mol. The molecule has 0 aliphatic carbocycles. The summed E-state index contributed by atoms with van der Waals surface area (Å²) < 4.78 is 0. The van der Waals surface area contributed by atoms with Gasteiger partial charge in [0.25, 0.3) is 0 Å². The molecule has 3 rings (SSSR count). The van der Waals surface area contributed by atoms with Crippen LogP contribution in [0.4, 0.5) is 5.69 Å². The van der Waals surface area contributed by atoms with Crippen molar-refractivity contribution in [3.05, 3.63) is 65.2 Å². The van der Waals surface area contributed by atoms with Crippen LogP contribution in [-0.2, 0) is 17.8 Å². The molecule has 1 heterocycles. The molecule has 0 saturated carbocycles. The van der Waals surface area contributed by atoms with Gasteiger partial charge in [-0.1, -0.05) is 48.0 Å². The van der Waals surface area contributed by atoms with Crippen LogP contribution in [0.25, 0.3) is 0 Å². The first-order valence-electron chi connectivity index (χ1n) is 9.26. The summed E-state index contributed by atoms with van der Waals surface area (Å²) in [5.41, 5.74) is 5.02. The average molecular weight is 336 g/mol. The molecule has 3 heteroatoms. The number of rotatable bonds is 6. The van der Waals surface area contributed by atoms with Gasteiger partial charge in [0.2, 0.25) is 5.91 Å². The Balaban J connectivity index is 1.59. The highest BCUT2D eigenvalue weighted by Gasteiger charge is 2.17. The zero-order chi connectivity index (χ0) is 17.6. The first-order chi connectivity index (χ1) is 12.1. The number of carbonyl (C=O) groups is 1. The molecule has 3 nitrogen and oxygen atoms in total. The maximum atomic E-state index is 12.5. The van der Waals surface area contributed by atoms with E-state index in [0.29, 0.717) is 13.0 Å². The molecule has 1 aliphatic rings. The molecular formula is C22H28N2O. The number of hydrogen-bond acceptors (Lipinski definition) is 2. The second-order valence-corrected chi connectivity index (χ2v) is 7.06. The maximum Gasteiger partial charge on any atom is 0.222 e. The van der Waals surface area contributed by atoms with Crippen LogP contribution >= 0.6 is 0 Å². The van der Waals surface area contributed by atoms with Gasteiger partial charge < -0.3 is 9.80 Å². The van der Waals surface area contributed by atoms with Crippen LogP contribution < -0.4 is 4.90 Å². The highest BCUT2D eigenvalue weighted by atomic mass is 16.2. The van der Waals surface area contributed by atoms with E-state index in [0.717, 1.165) is 19.5 Å². The van der Waals surface area contributed by atoms with Crippen molar-refractivity contribution in [3.8, 4) is 0 Å². The standard InChI is InChI=1S/C22H28N2O/c1-18-9-11-19(12-10-18)13-14-22(25)23(2)17-20-7-3-4-8-21(20)24-15-5-6-16-24/h3-4,7-12H,5-6,13-17H2,1-2H3. The third kappa shape index (κ3) is 4.62. The third-order valence-electron chi connectivity index (χ3n) is 5.02. The van der Waals surface area contributed by atoms with Crippen LogP contribution in [0.3, 0.4) is 0 Å². The zero-order valence-electron chi connectivity index (χ0n) is 15.4. The Bertz CT molecular complexity index is 702. The number of anilines is 1. The molecule has 1 amide bonds. The Morgan fingerprint density at radius 1 is 1.04 bits per heavy atom. The van der Waals surface area contributed by atoms with Crippen molar-refractivity contribution >= 4 is 11.6 Å². The molecule has 132 valence electrons. The fourth-order valence-electron chi connectivity index (χ4n) is 3.45. The van der Waals surface area contributed by atoms with E-state index in [1.54, 1.807) is 0 Å². The molecule has 2 aromatic carbocycles. The van der Waals surface area contributed by atoms with Crippen molar-refractivity contribution < 1.29 is 4.79 Å². The van der Waals surface area contributed by atoms with E-state index in [-0.39, 0.29) is 5.91 Å². The Kier molecular flexibility index (Phi) is 5.75. The highest BCUT2D eigenvalue weighted by molar-refractivity contribution is 5.76. The van der Waals surface area contributed by atoms with Crippen molar-refractivity contribution in [3.63, 3.8) is 0 Å². The van der Waals surface area contributed by atoms with E-state index >= 15 is 0 Å². The molecular weight excluding hydrogens is 308 g/mol. The second kappa shape index (κ2) is 8.19. The largest absolute Gasteiger partial charge is 0.371 e. The summed E-state index contributed by atoms with van der Waals surface area (Å²) in [6.45, 7) is 5.02. The van der Waals surface area contributed by atoms with Crippen molar-refractivity contribution in [2.24, 2.45) is 0 Å². The lowest BCUT2D eigenvalue weighted by Crippen LogP contribution is -2.28. The van der Waals surface area contributed by atoms with E-state index in [4.69, 9.17) is 0 Å². The van der Waals surface area contributed by atoms with Crippen LogP contribution in [0.1, 0.15) is 36.0 Å². The number of aryl methyl sites for hydroxylation is 2. The van der Waals surface area contributed by atoms with Gasteiger partial charge in [-0.2, -0.15) is 0 Å². The molecule has 0 spiro atoms. The highest BCUT2D eigenvalue weighted by Crippen LogP contribution is 2.25. The summed E-state index contributed by atoms with van der Waals surface area (Å²) >= 11 is 0. The summed E-state index contributed by atoms with van der Waals surface area (Å²) in [7, 11) is 1.91. The number of benzene rings is 2. The molecule has 0 radical (unpaired) electrons. The van der Waals surface area contributed by atoms with Gasteiger partial charge in [-0.25, -0.2) is 0 Å². The zero-order valence-corrected chi connectivity index (χ0v) is 15.4. The average Bonchev–Trinajstić information content (AvgIpc) is 3.16. The van der Waals surface area contributed by atoms with E-state index in [1.165, 1.54) is 35.2 Å². The second-order valence-electron chi connectivity index (χ2n) is 7.06. The Hall–Kier alpha value is -2.29. The third-order valence-corrected chi connectivity index (χ3v) is 5.02. The Morgan fingerprint density at radius 3 is 2.44 bits per heavy atom. The normalized spacial score (nSPS) is 13.9. The van der Waals surface area contributed by atoms with Gasteiger partial charge in [-0.3, -0.25) is 4.79 Å². The van der Waals surface area contributed by atoms with Crippen LogP contribution in [0.2, 0.25) is 0 Å². The van der Waals surface area contributed by atoms with E-state index in [2.05, 4.69) is 60.4 Å². The molecule has 0 atom stereocenters. The maximum absolute atomic E-state index is 12.5. The molecule has 25 heavy (non-hydrogen) atoms. The van der Waals surface area contributed by atoms with Crippen molar-refractivity contribution in [2.75, 3.05) is 25.0 Å². The van der Waals surface area contributed by atoms with Crippen molar-refractivity contribution in [2.45, 2.75) is 39.2 Å². The van der Waals surface area contributed by atoms with Gasteiger partial charge in [-0.15, -0.1) is 0 Å². The topological polar surface area (TPSA) is 23.6 Å². The molecule has 0 unspecified atom stereocenters. The first-order valence-corrected chi connectivity index (χ1v) is 9.26. The van der Waals surface area contributed by atoms with Crippen molar-refractivity contribution in [1.82, 2.24) is 4.90 Å². The summed E-state index contributed by atoms with van der Waals surface area (Å²) in [5, 5.41) is 0. The predicted molar refractivity (Wildman–Crippen MR) is 104 cm³/mol. The van der Waals surface area contributed by atoms with Gasteiger partial charge in [0.15, 0.2) is 0 Å². The Morgan fingerprint density at radius 2 is 1.72 bits per heavy atom. The molecule has 1 aliphatic heterocycles. The van der Waals surface area contributed by atoms with Gasteiger partial charge in [-0.05, 0) is 43.4 Å². The van der Waals surface area contributed by atoms with Crippen LogP contribution in [0, 0.1) is 6.92 Å². The van der Waals surface area contributed by atoms with Gasteiger partial charge in [0.05, 0.1) is 0 Å². The van der Waals surface area contributed by atoms with Crippen LogP contribution in [0.5, 0.6) is 0 Å². The van der Waals surface area contributed by atoms with Gasteiger partial charge >= 0.3 is 0 Å². The number of carbonyl (C=O) groups excluding carboxylic acids is 1. The minimum Gasteiger partial charge on any atom is -0.371 e. The lowest BCUT2D eigenvalue weighted by molar-refractivity contribution is -0.130. The number of amides is 1. The quantitative estimate of drug-likeness (QED) is 0.790. The van der Waals surface area contributed by atoms with Gasteiger partial charge in [0.1, 0.15) is 0 Å². The minimum atomic E-state index is 0.205. The summed E-state index contributed by atoms with van der Waals surface area (Å²) in [6, 6.07) is 16.9.